The van der Waals surface area contributed by atoms with Crippen molar-refractivity contribution in [1.82, 2.24) is 15.0 Å². The first-order chi connectivity index (χ1) is 11.2. The van der Waals surface area contributed by atoms with Crippen molar-refractivity contribution >= 4 is 5.91 Å². The van der Waals surface area contributed by atoms with Gasteiger partial charge in [-0.05, 0) is 18.9 Å². The summed E-state index contributed by atoms with van der Waals surface area (Å²) in [4.78, 5) is 18.1. The Labute approximate surface area is 135 Å². The Morgan fingerprint density at radius 2 is 2.09 bits per heavy atom. The van der Waals surface area contributed by atoms with Crippen LogP contribution in [-0.4, -0.2) is 54.4 Å². The van der Waals surface area contributed by atoms with Gasteiger partial charge >= 0.3 is 0 Å². The number of piperidine rings is 1. The van der Waals surface area contributed by atoms with Crippen LogP contribution in [0.5, 0.6) is 0 Å². The fraction of sp³-hybridized carbons (Fsp3) is 0.688. The molecule has 0 N–H and O–H groups in total. The normalized spacial score (nSPS) is 22.0. The molecule has 0 radical (unpaired) electrons. The van der Waals surface area contributed by atoms with E-state index in [9.17, 15) is 4.79 Å². The van der Waals surface area contributed by atoms with Gasteiger partial charge in [-0.25, -0.2) is 0 Å². The zero-order chi connectivity index (χ0) is 16.3. The molecular formula is C16H23N3O4. The summed E-state index contributed by atoms with van der Waals surface area (Å²) < 4.78 is 16.6. The molecular weight excluding hydrogens is 298 g/mol. The molecule has 1 aromatic heterocycles. The van der Waals surface area contributed by atoms with Gasteiger partial charge in [0.05, 0.1) is 0 Å². The van der Waals surface area contributed by atoms with Crippen molar-refractivity contribution in [2.24, 2.45) is 0 Å². The third-order valence-electron chi connectivity index (χ3n) is 4.87. The van der Waals surface area contributed by atoms with Gasteiger partial charge in [0.25, 0.3) is 5.89 Å². The first kappa shape index (κ1) is 16.1. The van der Waals surface area contributed by atoms with Gasteiger partial charge in [-0.1, -0.05) is 11.7 Å². The van der Waals surface area contributed by atoms with E-state index in [-0.39, 0.29) is 11.8 Å². The predicted molar refractivity (Wildman–Crippen MR) is 81.8 cm³/mol. The maximum atomic E-state index is 11.7. The van der Waals surface area contributed by atoms with Crippen molar-refractivity contribution in [3.63, 3.8) is 0 Å². The molecule has 0 aliphatic carbocycles. The lowest BCUT2D eigenvalue weighted by Gasteiger charge is -2.37. The van der Waals surface area contributed by atoms with Crippen LogP contribution in [-0.2, 0) is 19.9 Å². The average Bonchev–Trinajstić information content (AvgIpc) is 3.12. The van der Waals surface area contributed by atoms with E-state index in [1.807, 2.05) is 0 Å². The predicted octanol–water partition coefficient (Wildman–Crippen LogP) is 1.61. The maximum absolute atomic E-state index is 11.7. The van der Waals surface area contributed by atoms with Gasteiger partial charge in [-0.3, -0.25) is 4.79 Å². The lowest BCUT2D eigenvalue weighted by Crippen LogP contribution is -2.45. The first-order valence-corrected chi connectivity index (χ1v) is 8.07. The number of rotatable bonds is 4. The van der Waals surface area contributed by atoms with Crippen LogP contribution in [0.15, 0.2) is 17.2 Å². The summed E-state index contributed by atoms with van der Waals surface area (Å²) in [7, 11) is 1.66. The van der Waals surface area contributed by atoms with E-state index in [1.165, 1.54) is 6.08 Å². The monoisotopic (exact) mass is 321 g/mol. The van der Waals surface area contributed by atoms with E-state index in [0.29, 0.717) is 31.8 Å². The topological polar surface area (TPSA) is 77.7 Å². The van der Waals surface area contributed by atoms with E-state index < -0.39 is 5.60 Å². The Bertz CT molecular complexity index is 557. The Morgan fingerprint density at radius 3 is 2.70 bits per heavy atom. The molecule has 2 fully saturated rings. The van der Waals surface area contributed by atoms with Gasteiger partial charge < -0.3 is 18.9 Å². The fourth-order valence-corrected chi connectivity index (χ4v) is 3.26. The first-order valence-electron chi connectivity index (χ1n) is 8.07. The van der Waals surface area contributed by atoms with E-state index in [2.05, 4.69) is 16.7 Å². The van der Waals surface area contributed by atoms with Crippen LogP contribution in [0, 0.1) is 0 Å². The second-order valence-electron chi connectivity index (χ2n) is 6.07. The van der Waals surface area contributed by atoms with Crippen LogP contribution in [0.3, 0.4) is 0 Å². The van der Waals surface area contributed by atoms with Gasteiger partial charge in [0, 0.05) is 52.2 Å². The van der Waals surface area contributed by atoms with Crippen LogP contribution in [0.1, 0.15) is 43.3 Å². The highest BCUT2D eigenvalue weighted by atomic mass is 16.5. The third-order valence-corrected chi connectivity index (χ3v) is 4.87. The van der Waals surface area contributed by atoms with Crippen molar-refractivity contribution in [1.29, 1.82) is 0 Å². The van der Waals surface area contributed by atoms with Gasteiger partial charge in [-0.2, -0.15) is 4.98 Å². The fourth-order valence-electron chi connectivity index (χ4n) is 3.26. The molecule has 0 spiro atoms. The Morgan fingerprint density at radius 1 is 1.39 bits per heavy atom. The number of amides is 1. The summed E-state index contributed by atoms with van der Waals surface area (Å²) in [5.41, 5.74) is -0.603. The number of likely N-dealkylation sites (tertiary alicyclic amines) is 1. The van der Waals surface area contributed by atoms with Crippen LogP contribution < -0.4 is 0 Å². The largest absolute Gasteiger partial charge is 0.381 e. The minimum absolute atomic E-state index is 0.0527. The minimum Gasteiger partial charge on any atom is -0.381 e. The van der Waals surface area contributed by atoms with Crippen molar-refractivity contribution in [3.05, 3.63) is 24.4 Å². The summed E-state index contributed by atoms with van der Waals surface area (Å²) in [6.07, 6.45) is 4.45. The summed E-state index contributed by atoms with van der Waals surface area (Å²) in [6.45, 7) is 6.19. The lowest BCUT2D eigenvalue weighted by atomic mass is 9.90. The Balaban J connectivity index is 1.72. The van der Waals surface area contributed by atoms with E-state index >= 15 is 0 Å². The van der Waals surface area contributed by atoms with Gasteiger partial charge in [0.15, 0.2) is 5.82 Å². The molecule has 0 atom stereocenters. The quantitative estimate of drug-likeness (QED) is 0.784. The molecule has 0 unspecified atom stereocenters. The van der Waals surface area contributed by atoms with Crippen molar-refractivity contribution in [3.8, 4) is 0 Å². The number of nitrogens with zero attached hydrogens (tertiary/aromatic N) is 3. The maximum Gasteiger partial charge on any atom is 0.259 e. The van der Waals surface area contributed by atoms with Crippen molar-refractivity contribution in [2.45, 2.75) is 37.2 Å². The van der Waals surface area contributed by atoms with Crippen LogP contribution >= 0.6 is 0 Å². The second kappa shape index (κ2) is 6.80. The molecule has 23 heavy (non-hydrogen) atoms. The van der Waals surface area contributed by atoms with Crippen molar-refractivity contribution in [2.75, 3.05) is 33.4 Å². The van der Waals surface area contributed by atoms with Crippen LogP contribution in [0.4, 0.5) is 0 Å². The summed E-state index contributed by atoms with van der Waals surface area (Å²) in [5.74, 6) is 1.50. The number of carbonyl (C=O) groups excluding carboxylic acids is 1. The van der Waals surface area contributed by atoms with Gasteiger partial charge in [0.1, 0.15) is 5.60 Å². The molecule has 1 aromatic rings. The molecule has 0 saturated carbocycles. The summed E-state index contributed by atoms with van der Waals surface area (Å²) >= 11 is 0. The van der Waals surface area contributed by atoms with Gasteiger partial charge in [0.2, 0.25) is 5.91 Å². The summed E-state index contributed by atoms with van der Waals surface area (Å²) in [5, 5.41) is 4.16. The molecule has 2 aliphatic heterocycles. The van der Waals surface area contributed by atoms with Crippen LogP contribution in [0.2, 0.25) is 0 Å². The molecule has 126 valence electrons. The standard InChI is InChI=1S/C16H23N3O4/c1-3-13(20)19-8-6-16(21-2,7-9-19)15-17-14(18-23-15)12-4-10-22-11-5-12/h3,12H,1,4-11H2,2H3. The highest BCUT2D eigenvalue weighted by Gasteiger charge is 2.42. The Kier molecular flexibility index (Phi) is 4.77. The highest BCUT2D eigenvalue weighted by molar-refractivity contribution is 5.87. The lowest BCUT2D eigenvalue weighted by molar-refractivity contribution is -0.134. The zero-order valence-electron chi connectivity index (χ0n) is 13.5. The Hall–Kier alpha value is -1.73. The molecule has 7 nitrogen and oxygen atoms in total. The van der Waals surface area contributed by atoms with Crippen molar-refractivity contribution < 1.29 is 18.8 Å². The molecule has 7 heteroatoms. The molecule has 2 saturated heterocycles. The summed E-state index contributed by atoms with van der Waals surface area (Å²) in [6, 6.07) is 0. The average molecular weight is 321 g/mol. The number of hydrogen-bond acceptors (Lipinski definition) is 6. The van der Waals surface area contributed by atoms with E-state index in [1.54, 1.807) is 12.0 Å². The third kappa shape index (κ3) is 3.16. The molecule has 0 aromatic carbocycles. The smallest absolute Gasteiger partial charge is 0.259 e. The molecule has 3 rings (SSSR count). The van der Waals surface area contributed by atoms with E-state index in [0.717, 1.165) is 31.9 Å². The number of methoxy groups -OCH3 is 1. The van der Waals surface area contributed by atoms with Crippen LogP contribution in [0.25, 0.3) is 0 Å². The number of carbonyl (C=O) groups is 1. The van der Waals surface area contributed by atoms with Gasteiger partial charge in [-0.15, -0.1) is 0 Å². The zero-order valence-corrected chi connectivity index (χ0v) is 13.5. The minimum atomic E-state index is -0.603. The molecule has 1 amide bonds. The second-order valence-corrected chi connectivity index (χ2v) is 6.07. The molecule has 3 heterocycles. The highest BCUT2D eigenvalue weighted by Crippen LogP contribution is 2.36. The van der Waals surface area contributed by atoms with E-state index in [4.69, 9.17) is 14.0 Å². The number of aromatic nitrogens is 2. The number of hydrogen-bond donors (Lipinski definition) is 0. The SMILES string of the molecule is C=CC(=O)N1CCC(OC)(c2nc(C3CCOCC3)no2)CC1. The molecule has 0 bridgehead atoms. The molecule has 2 aliphatic rings. The number of ether oxygens (including phenoxy) is 2.